The van der Waals surface area contributed by atoms with E-state index < -0.39 is 0 Å². The summed E-state index contributed by atoms with van der Waals surface area (Å²) in [4.78, 5) is 10.3. The zero-order chi connectivity index (χ0) is 35.6. The Hall–Kier alpha value is -7.30. The second kappa shape index (κ2) is 12.1. The molecule has 252 valence electrons. The highest BCUT2D eigenvalue weighted by atomic mass is 15.0. The molecule has 0 atom stereocenters. The highest BCUT2D eigenvalue weighted by Crippen LogP contribution is 2.44. The maximum Gasteiger partial charge on any atom is 0.160 e. The van der Waals surface area contributed by atoms with Crippen molar-refractivity contribution in [3.8, 4) is 45.3 Å². The molecule has 0 saturated heterocycles. The van der Waals surface area contributed by atoms with Gasteiger partial charge < -0.3 is 9.13 Å². The minimum atomic E-state index is 0.699. The topological polar surface area (TPSA) is 35.6 Å². The van der Waals surface area contributed by atoms with E-state index >= 15 is 0 Å². The van der Waals surface area contributed by atoms with Gasteiger partial charge in [-0.05, 0) is 41.8 Å². The van der Waals surface area contributed by atoms with Crippen LogP contribution in [0.1, 0.15) is 0 Å². The molecular weight excluding hydrogens is 657 g/mol. The van der Waals surface area contributed by atoms with E-state index in [2.05, 4.69) is 179 Å². The Labute approximate surface area is 311 Å². The Kier molecular flexibility index (Phi) is 6.82. The lowest BCUT2D eigenvalue weighted by atomic mass is 10.0. The van der Waals surface area contributed by atoms with Crippen LogP contribution in [0.2, 0.25) is 0 Å². The van der Waals surface area contributed by atoms with Crippen LogP contribution in [0.5, 0.6) is 0 Å². The largest absolute Gasteiger partial charge is 0.308 e. The fourth-order valence-corrected chi connectivity index (χ4v) is 8.37. The van der Waals surface area contributed by atoms with Gasteiger partial charge in [0.15, 0.2) is 5.82 Å². The summed E-state index contributed by atoms with van der Waals surface area (Å²) in [6.45, 7) is 0. The van der Waals surface area contributed by atoms with E-state index in [1.165, 1.54) is 49.0 Å². The second-order valence-corrected chi connectivity index (χ2v) is 13.8. The first-order valence-electron chi connectivity index (χ1n) is 18.3. The number of benzene rings is 8. The monoisotopic (exact) mass is 688 g/mol. The van der Waals surface area contributed by atoms with Crippen LogP contribution >= 0.6 is 0 Å². The molecule has 0 N–H and O–H groups in total. The van der Waals surface area contributed by atoms with Crippen molar-refractivity contribution in [3.63, 3.8) is 0 Å². The summed E-state index contributed by atoms with van der Waals surface area (Å²) in [7, 11) is 0. The van der Waals surface area contributed by atoms with Gasteiger partial charge >= 0.3 is 0 Å². The molecule has 0 fully saturated rings. The SMILES string of the molecule is c1ccc(-c2cc(-c3ccccc3-n3c4ccccc4c4c3ccc3c5ccccc5n(-c5cccc6ccccc56)c34)nc(-c3ccccc3)n2)cc1. The van der Waals surface area contributed by atoms with E-state index in [4.69, 9.17) is 9.97 Å². The second-order valence-electron chi connectivity index (χ2n) is 13.8. The minimum absolute atomic E-state index is 0.699. The van der Waals surface area contributed by atoms with Crippen LogP contribution in [-0.4, -0.2) is 19.1 Å². The minimum Gasteiger partial charge on any atom is -0.308 e. The molecule has 0 aliphatic heterocycles. The summed E-state index contributed by atoms with van der Waals surface area (Å²) in [5.41, 5.74) is 11.7. The molecule has 8 aromatic carbocycles. The Morgan fingerprint density at radius 3 is 1.76 bits per heavy atom. The number of aromatic nitrogens is 4. The van der Waals surface area contributed by atoms with Gasteiger partial charge in [0.2, 0.25) is 0 Å². The predicted molar refractivity (Wildman–Crippen MR) is 225 cm³/mol. The van der Waals surface area contributed by atoms with Crippen molar-refractivity contribution in [2.45, 2.75) is 0 Å². The Balaban J connectivity index is 1.24. The van der Waals surface area contributed by atoms with Gasteiger partial charge in [-0.3, -0.25) is 0 Å². The average molecular weight is 689 g/mol. The normalized spacial score (nSPS) is 11.7. The first-order valence-corrected chi connectivity index (χ1v) is 18.3. The van der Waals surface area contributed by atoms with E-state index in [1.54, 1.807) is 0 Å². The van der Waals surface area contributed by atoms with Crippen molar-refractivity contribution in [1.29, 1.82) is 0 Å². The molecule has 11 aromatic rings. The van der Waals surface area contributed by atoms with Crippen molar-refractivity contribution < 1.29 is 0 Å². The van der Waals surface area contributed by atoms with Crippen molar-refractivity contribution in [3.05, 3.63) is 194 Å². The van der Waals surface area contributed by atoms with E-state index in [-0.39, 0.29) is 0 Å². The third kappa shape index (κ3) is 4.64. The molecule has 3 aromatic heterocycles. The lowest BCUT2D eigenvalue weighted by molar-refractivity contribution is 1.15. The number of hydrogen-bond donors (Lipinski definition) is 0. The van der Waals surface area contributed by atoms with Gasteiger partial charge in [-0.2, -0.15) is 0 Å². The van der Waals surface area contributed by atoms with Crippen molar-refractivity contribution in [1.82, 2.24) is 19.1 Å². The van der Waals surface area contributed by atoms with Gasteiger partial charge in [-0.25, -0.2) is 9.97 Å². The van der Waals surface area contributed by atoms with Crippen molar-refractivity contribution >= 4 is 54.4 Å². The van der Waals surface area contributed by atoms with Gasteiger partial charge in [0.1, 0.15) is 0 Å². The maximum absolute atomic E-state index is 5.26. The number of nitrogens with zero attached hydrogens (tertiary/aromatic N) is 4. The highest BCUT2D eigenvalue weighted by Gasteiger charge is 2.23. The molecule has 0 unspecified atom stereocenters. The predicted octanol–water partition coefficient (Wildman–Crippen LogP) is 12.8. The summed E-state index contributed by atoms with van der Waals surface area (Å²) in [5, 5.41) is 7.34. The Morgan fingerprint density at radius 1 is 0.352 bits per heavy atom. The van der Waals surface area contributed by atoms with Gasteiger partial charge in [0, 0.05) is 43.6 Å². The standard InChI is InChI=1S/C50H32N4/c1-3-17-34(18-4-1)41-32-42(52-50(51-41)35-19-5-2-6-20-35)39-24-10-13-27-45(39)53-46-28-14-11-25-40(46)48-47(53)31-30-38-37-23-9-12-26-44(37)54(49(38)48)43-29-15-21-33-16-7-8-22-36(33)43/h1-32H. The average Bonchev–Trinajstić information content (AvgIpc) is 3.77. The third-order valence-corrected chi connectivity index (χ3v) is 10.7. The van der Waals surface area contributed by atoms with Crippen LogP contribution in [0.4, 0.5) is 0 Å². The summed E-state index contributed by atoms with van der Waals surface area (Å²) < 4.78 is 4.91. The number of hydrogen-bond acceptors (Lipinski definition) is 2. The zero-order valence-electron chi connectivity index (χ0n) is 29.3. The van der Waals surface area contributed by atoms with Crippen molar-refractivity contribution in [2.24, 2.45) is 0 Å². The summed E-state index contributed by atoms with van der Waals surface area (Å²) >= 11 is 0. The summed E-state index contributed by atoms with van der Waals surface area (Å²) in [5.74, 6) is 0.699. The molecule has 11 rings (SSSR count). The molecule has 0 radical (unpaired) electrons. The summed E-state index contributed by atoms with van der Waals surface area (Å²) in [6, 6.07) is 69.0. The lowest BCUT2D eigenvalue weighted by Gasteiger charge is -2.15. The third-order valence-electron chi connectivity index (χ3n) is 10.7. The molecule has 0 aliphatic carbocycles. The molecule has 0 amide bonds. The molecule has 4 nitrogen and oxygen atoms in total. The van der Waals surface area contributed by atoms with Gasteiger partial charge in [0.05, 0.1) is 44.8 Å². The molecule has 0 bridgehead atoms. The Morgan fingerprint density at radius 2 is 0.944 bits per heavy atom. The molecule has 54 heavy (non-hydrogen) atoms. The van der Waals surface area contributed by atoms with E-state index in [0.717, 1.165) is 44.8 Å². The van der Waals surface area contributed by atoms with Crippen LogP contribution in [-0.2, 0) is 0 Å². The molecule has 0 spiro atoms. The highest BCUT2D eigenvalue weighted by molar-refractivity contribution is 6.26. The molecule has 0 saturated carbocycles. The summed E-state index contributed by atoms with van der Waals surface area (Å²) in [6.07, 6.45) is 0. The van der Waals surface area contributed by atoms with E-state index in [9.17, 15) is 0 Å². The zero-order valence-corrected chi connectivity index (χ0v) is 29.3. The molecular formula is C50H32N4. The molecule has 0 aliphatic rings. The van der Waals surface area contributed by atoms with Gasteiger partial charge in [-0.15, -0.1) is 0 Å². The van der Waals surface area contributed by atoms with Gasteiger partial charge in [-0.1, -0.05) is 158 Å². The fraction of sp³-hybridized carbons (Fsp3) is 0. The smallest absolute Gasteiger partial charge is 0.160 e. The number of para-hydroxylation sites is 3. The maximum atomic E-state index is 5.26. The molecule has 4 heteroatoms. The quantitative estimate of drug-likeness (QED) is 0.180. The van der Waals surface area contributed by atoms with Crippen LogP contribution in [0.15, 0.2) is 194 Å². The van der Waals surface area contributed by atoms with Crippen LogP contribution in [0.3, 0.4) is 0 Å². The van der Waals surface area contributed by atoms with E-state index in [0.29, 0.717) is 5.82 Å². The first kappa shape index (κ1) is 30.3. The van der Waals surface area contributed by atoms with E-state index in [1.807, 2.05) is 24.3 Å². The van der Waals surface area contributed by atoms with Gasteiger partial charge in [0.25, 0.3) is 0 Å². The van der Waals surface area contributed by atoms with Crippen molar-refractivity contribution in [2.75, 3.05) is 0 Å². The first-order chi connectivity index (χ1) is 26.8. The van der Waals surface area contributed by atoms with Crippen LogP contribution in [0, 0.1) is 0 Å². The van der Waals surface area contributed by atoms with Crippen LogP contribution < -0.4 is 0 Å². The number of rotatable bonds is 5. The van der Waals surface area contributed by atoms with Crippen LogP contribution in [0.25, 0.3) is 99.7 Å². The Bertz CT molecular complexity index is 3150. The fourth-order valence-electron chi connectivity index (χ4n) is 8.37. The lowest BCUT2D eigenvalue weighted by Crippen LogP contribution is -2.01. The molecule has 3 heterocycles. The number of fused-ring (bicyclic) bond motifs is 8.